The molecule has 4 nitrogen and oxygen atoms in total. The minimum Gasteiger partial charge on any atom is -0.322 e. The molecule has 0 bridgehead atoms. The molecule has 26 heavy (non-hydrogen) atoms. The summed E-state index contributed by atoms with van der Waals surface area (Å²) < 4.78 is 1.56. The Balaban J connectivity index is 1.86. The number of benzene rings is 2. The fourth-order valence-corrected chi connectivity index (χ4v) is 2.78. The molecule has 1 N–H and O–H groups in total. The third kappa shape index (κ3) is 3.91. The SMILES string of the molecule is Cc1ccc(Cn2cccc(C(=O)Nc3cc(C)ccc3C)c2=O)cc1. The van der Waals surface area contributed by atoms with Crippen molar-refractivity contribution >= 4 is 11.6 Å². The van der Waals surface area contributed by atoms with Crippen LogP contribution in [0.5, 0.6) is 0 Å². The molecular formula is C22H22N2O2. The molecule has 0 radical (unpaired) electrons. The maximum atomic E-state index is 12.7. The van der Waals surface area contributed by atoms with Crippen molar-refractivity contribution in [1.29, 1.82) is 0 Å². The molecule has 0 fully saturated rings. The summed E-state index contributed by atoms with van der Waals surface area (Å²) in [6.45, 7) is 6.35. The van der Waals surface area contributed by atoms with Crippen LogP contribution in [0.1, 0.15) is 32.6 Å². The maximum Gasteiger partial charge on any atom is 0.263 e. The summed E-state index contributed by atoms with van der Waals surface area (Å²) in [7, 11) is 0. The zero-order valence-electron chi connectivity index (χ0n) is 15.2. The van der Waals surface area contributed by atoms with E-state index in [2.05, 4.69) is 5.32 Å². The lowest BCUT2D eigenvalue weighted by atomic mass is 10.1. The van der Waals surface area contributed by atoms with Crippen molar-refractivity contribution in [2.24, 2.45) is 0 Å². The molecule has 0 spiro atoms. The summed E-state index contributed by atoms with van der Waals surface area (Å²) in [5, 5.41) is 2.85. The van der Waals surface area contributed by atoms with E-state index in [-0.39, 0.29) is 17.0 Å². The van der Waals surface area contributed by atoms with E-state index in [9.17, 15) is 9.59 Å². The van der Waals surface area contributed by atoms with Crippen molar-refractivity contribution in [3.8, 4) is 0 Å². The Morgan fingerprint density at radius 1 is 0.962 bits per heavy atom. The van der Waals surface area contributed by atoms with Gasteiger partial charge < -0.3 is 9.88 Å². The molecule has 0 atom stereocenters. The van der Waals surface area contributed by atoms with Crippen molar-refractivity contribution in [3.63, 3.8) is 0 Å². The van der Waals surface area contributed by atoms with Crippen LogP contribution >= 0.6 is 0 Å². The summed E-state index contributed by atoms with van der Waals surface area (Å²) in [6, 6.07) is 17.1. The number of nitrogens with zero attached hydrogens (tertiary/aromatic N) is 1. The topological polar surface area (TPSA) is 51.1 Å². The molecule has 1 heterocycles. The molecule has 0 saturated heterocycles. The minimum absolute atomic E-state index is 0.139. The van der Waals surface area contributed by atoms with Crippen LogP contribution in [-0.2, 0) is 6.54 Å². The summed E-state index contributed by atoms with van der Waals surface area (Å²) in [5.74, 6) is -0.387. The van der Waals surface area contributed by atoms with Crippen LogP contribution < -0.4 is 10.9 Å². The standard InChI is InChI=1S/C22H22N2O2/c1-15-7-10-18(11-8-15)14-24-12-4-5-19(22(24)26)21(25)23-20-13-16(2)6-9-17(20)3/h4-13H,14H2,1-3H3,(H,23,25). The highest BCUT2D eigenvalue weighted by Gasteiger charge is 2.13. The van der Waals surface area contributed by atoms with Gasteiger partial charge in [-0.05, 0) is 55.7 Å². The predicted octanol–water partition coefficient (Wildman–Crippen LogP) is 4.07. The van der Waals surface area contributed by atoms with Gasteiger partial charge in [-0.1, -0.05) is 42.0 Å². The average molecular weight is 346 g/mol. The normalized spacial score (nSPS) is 10.6. The summed E-state index contributed by atoms with van der Waals surface area (Å²) in [4.78, 5) is 25.3. The number of pyridine rings is 1. The van der Waals surface area contributed by atoms with Gasteiger partial charge in [-0.2, -0.15) is 0 Å². The fourth-order valence-electron chi connectivity index (χ4n) is 2.78. The zero-order chi connectivity index (χ0) is 18.7. The van der Waals surface area contributed by atoms with Crippen LogP contribution in [0.25, 0.3) is 0 Å². The molecule has 3 aromatic rings. The Labute approximate surface area is 153 Å². The van der Waals surface area contributed by atoms with Crippen molar-refractivity contribution in [3.05, 3.63) is 99.0 Å². The Bertz CT molecular complexity index is 1000. The second-order valence-electron chi connectivity index (χ2n) is 6.61. The van der Waals surface area contributed by atoms with Crippen molar-refractivity contribution in [1.82, 2.24) is 4.57 Å². The van der Waals surface area contributed by atoms with Gasteiger partial charge in [-0.25, -0.2) is 0 Å². The largest absolute Gasteiger partial charge is 0.322 e. The lowest BCUT2D eigenvalue weighted by Gasteiger charge is -2.11. The van der Waals surface area contributed by atoms with E-state index in [4.69, 9.17) is 0 Å². The van der Waals surface area contributed by atoms with Crippen LogP contribution in [0.3, 0.4) is 0 Å². The van der Waals surface area contributed by atoms with Crippen LogP contribution in [0.4, 0.5) is 5.69 Å². The lowest BCUT2D eigenvalue weighted by molar-refractivity contribution is 0.102. The third-order valence-electron chi connectivity index (χ3n) is 4.38. The summed E-state index contributed by atoms with van der Waals surface area (Å²) >= 11 is 0. The van der Waals surface area contributed by atoms with E-state index >= 15 is 0 Å². The van der Waals surface area contributed by atoms with Gasteiger partial charge in [0, 0.05) is 11.9 Å². The number of hydrogen-bond donors (Lipinski definition) is 1. The number of carbonyl (C=O) groups is 1. The number of aryl methyl sites for hydroxylation is 3. The first-order chi connectivity index (χ1) is 12.4. The van der Waals surface area contributed by atoms with Crippen LogP contribution in [0, 0.1) is 20.8 Å². The molecule has 4 heteroatoms. The van der Waals surface area contributed by atoms with Gasteiger partial charge in [-0.15, -0.1) is 0 Å². The molecule has 0 aliphatic heterocycles. The fraction of sp³-hybridized carbons (Fsp3) is 0.182. The van der Waals surface area contributed by atoms with Crippen LogP contribution in [0.2, 0.25) is 0 Å². The molecule has 0 unspecified atom stereocenters. The van der Waals surface area contributed by atoms with Crippen LogP contribution in [0.15, 0.2) is 65.6 Å². The van der Waals surface area contributed by atoms with Gasteiger partial charge in [-0.3, -0.25) is 9.59 Å². The number of anilines is 1. The highest BCUT2D eigenvalue weighted by molar-refractivity contribution is 6.04. The summed E-state index contributed by atoms with van der Waals surface area (Å²) in [5.41, 5.74) is 4.77. The molecular weight excluding hydrogens is 324 g/mol. The first-order valence-electron chi connectivity index (χ1n) is 8.57. The zero-order valence-corrected chi connectivity index (χ0v) is 15.2. The quantitative estimate of drug-likeness (QED) is 0.774. The van der Waals surface area contributed by atoms with Crippen molar-refractivity contribution in [2.75, 3.05) is 5.32 Å². The first-order valence-corrected chi connectivity index (χ1v) is 8.57. The average Bonchev–Trinajstić information content (AvgIpc) is 2.62. The van der Waals surface area contributed by atoms with Gasteiger partial charge in [0.05, 0.1) is 6.54 Å². The Morgan fingerprint density at radius 2 is 1.65 bits per heavy atom. The predicted molar refractivity (Wildman–Crippen MR) is 105 cm³/mol. The number of amides is 1. The van der Waals surface area contributed by atoms with E-state index < -0.39 is 0 Å². The van der Waals surface area contributed by atoms with Gasteiger partial charge in [0.25, 0.3) is 11.5 Å². The molecule has 132 valence electrons. The molecule has 1 amide bonds. The molecule has 3 rings (SSSR count). The first kappa shape index (κ1) is 17.7. The Kier molecular flexibility index (Phi) is 5.03. The second-order valence-corrected chi connectivity index (χ2v) is 6.61. The Morgan fingerprint density at radius 3 is 2.38 bits per heavy atom. The number of rotatable bonds is 4. The molecule has 0 saturated carbocycles. The van der Waals surface area contributed by atoms with E-state index in [1.165, 1.54) is 5.56 Å². The number of aromatic nitrogens is 1. The molecule has 1 aromatic heterocycles. The Hall–Kier alpha value is -3.14. The van der Waals surface area contributed by atoms with Gasteiger partial charge in [0.1, 0.15) is 5.56 Å². The molecule has 0 aliphatic carbocycles. The van der Waals surface area contributed by atoms with E-state index in [0.717, 1.165) is 22.4 Å². The monoisotopic (exact) mass is 346 g/mol. The minimum atomic E-state index is -0.387. The molecule has 2 aromatic carbocycles. The van der Waals surface area contributed by atoms with Crippen molar-refractivity contribution in [2.45, 2.75) is 27.3 Å². The van der Waals surface area contributed by atoms with E-state index in [1.807, 2.05) is 63.2 Å². The van der Waals surface area contributed by atoms with Gasteiger partial charge in [0.15, 0.2) is 0 Å². The van der Waals surface area contributed by atoms with Crippen LogP contribution in [-0.4, -0.2) is 10.5 Å². The van der Waals surface area contributed by atoms with Crippen molar-refractivity contribution < 1.29 is 4.79 Å². The third-order valence-corrected chi connectivity index (χ3v) is 4.38. The van der Waals surface area contributed by atoms with Gasteiger partial charge in [0.2, 0.25) is 0 Å². The number of carbonyl (C=O) groups excluding carboxylic acids is 1. The van der Waals surface area contributed by atoms with E-state index in [0.29, 0.717) is 6.54 Å². The summed E-state index contributed by atoms with van der Waals surface area (Å²) in [6.07, 6.45) is 1.71. The maximum absolute atomic E-state index is 12.7. The highest BCUT2D eigenvalue weighted by atomic mass is 16.2. The number of nitrogens with one attached hydrogen (secondary N) is 1. The second kappa shape index (κ2) is 7.40. The smallest absolute Gasteiger partial charge is 0.263 e. The number of hydrogen-bond acceptors (Lipinski definition) is 2. The van der Waals surface area contributed by atoms with Gasteiger partial charge >= 0.3 is 0 Å². The highest BCUT2D eigenvalue weighted by Crippen LogP contribution is 2.17. The molecule has 0 aliphatic rings. The lowest BCUT2D eigenvalue weighted by Crippen LogP contribution is -2.29. The van der Waals surface area contributed by atoms with E-state index in [1.54, 1.807) is 22.9 Å².